The van der Waals surface area contributed by atoms with Gasteiger partial charge in [-0.25, -0.2) is 4.39 Å². The number of benzene rings is 1. The Kier molecular flexibility index (Phi) is 5.45. The minimum atomic E-state index is -0.472. The number of hydrogen-bond acceptors (Lipinski definition) is 3. The maximum Gasteiger partial charge on any atom is 0.257 e. The topological polar surface area (TPSA) is 64.7 Å². The van der Waals surface area contributed by atoms with Crippen LogP contribution in [0, 0.1) is 19.7 Å². The Morgan fingerprint density at radius 3 is 2.67 bits per heavy atom. The van der Waals surface area contributed by atoms with Gasteiger partial charge in [0.1, 0.15) is 11.6 Å². The van der Waals surface area contributed by atoms with Crippen LogP contribution in [0.2, 0.25) is 0 Å². The maximum absolute atomic E-state index is 14.5. The van der Waals surface area contributed by atoms with Gasteiger partial charge in [-0.2, -0.15) is 0 Å². The first-order chi connectivity index (χ1) is 14.4. The zero-order valence-corrected chi connectivity index (χ0v) is 18.0. The van der Waals surface area contributed by atoms with Crippen molar-refractivity contribution in [1.82, 2.24) is 19.3 Å². The molecule has 7 heteroatoms. The van der Waals surface area contributed by atoms with E-state index in [2.05, 4.69) is 38.5 Å². The number of anilines is 1. The highest BCUT2D eigenvalue weighted by atomic mass is 19.1. The highest BCUT2D eigenvalue weighted by Gasteiger charge is 2.20. The van der Waals surface area contributed by atoms with Crippen molar-refractivity contribution in [3.63, 3.8) is 0 Å². The number of aryl methyl sites for hydroxylation is 2. The van der Waals surface area contributed by atoms with Gasteiger partial charge in [-0.1, -0.05) is 6.42 Å². The number of amides is 1. The van der Waals surface area contributed by atoms with E-state index in [0.29, 0.717) is 5.56 Å². The molecule has 4 rings (SSSR count). The van der Waals surface area contributed by atoms with Crippen LogP contribution in [-0.4, -0.2) is 25.2 Å². The fourth-order valence-electron chi connectivity index (χ4n) is 4.45. The molecule has 3 heterocycles. The maximum atomic E-state index is 14.5. The van der Waals surface area contributed by atoms with Gasteiger partial charge in [0, 0.05) is 36.0 Å². The smallest absolute Gasteiger partial charge is 0.257 e. The van der Waals surface area contributed by atoms with E-state index in [9.17, 15) is 9.18 Å². The summed E-state index contributed by atoms with van der Waals surface area (Å²) in [5, 5.41) is 11.4. The lowest BCUT2D eigenvalue weighted by molar-refractivity contribution is 0.102. The summed E-state index contributed by atoms with van der Waals surface area (Å²) >= 11 is 0. The van der Waals surface area contributed by atoms with Crippen LogP contribution in [0.15, 0.2) is 24.3 Å². The first-order valence-corrected chi connectivity index (χ1v) is 10.6. The van der Waals surface area contributed by atoms with E-state index >= 15 is 0 Å². The number of carbonyl (C=O) groups excluding carboxylic acids is 1. The third-order valence-electron chi connectivity index (χ3n) is 5.83. The first kappa shape index (κ1) is 20.3. The summed E-state index contributed by atoms with van der Waals surface area (Å²) in [6.45, 7) is 8.90. The molecule has 1 amide bonds. The summed E-state index contributed by atoms with van der Waals surface area (Å²) in [6.07, 6.45) is 4.26. The van der Waals surface area contributed by atoms with Crippen molar-refractivity contribution in [3.05, 3.63) is 52.9 Å². The average Bonchev–Trinajstić information content (AvgIpc) is 3.14. The van der Waals surface area contributed by atoms with Gasteiger partial charge in [0.05, 0.1) is 11.3 Å². The number of rotatable bonds is 4. The summed E-state index contributed by atoms with van der Waals surface area (Å²) < 4.78 is 18.8. The molecule has 3 aromatic rings. The second kappa shape index (κ2) is 8.05. The van der Waals surface area contributed by atoms with Crippen molar-refractivity contribution in [2.45, 2.75) is 66.0 Å². The predicted molar refractivity (Wildman–Crippen MR) is 115 cm³/mol. The van der Waals surface area contributed by atoms with Gasteiger partial charge < -0.3 is 14.5 Å². The van der Waals surface area contributed by atoms with Crippen LogP contribution in [-0.2, 0) is 13.0 Å². The lowest BCUT2D eigenvalue weighted by Gasteiger charge is -2.14. The minimum Gasteiger partial charge on any atom is -0.346 e. The molecule has 0 spiro atoms. The quantitative estimate of drug-likeness (QED) is 0.655. The molecule has 0 aliphatic carbocycles. The molecule has 0 atom stereocenters. The SMILES string of the molecule is Cc1cc(C(=O)Nc2cc(-c3nnc4n3CCCCC4)ccc2F)c(C)n1C(C)C. The molecule has 158 valence electrons. The zero-order chi connectivity index (χ0) is 21.4. The van der Waals surface area contributed by atoms with Gasteiger partial charge in [-0.3, -0.25) is 4.79 Å². The van der Waals surface area contributed by atoms with Crippen LogP contribution < -0.4 is 5.32 Å². The molecule has 0 unspecified atom stereocenters. The van der Waals surface area contributed by atoms with Gasteiger partial charge in [-0.15, -0.1) is 10.2 Å². The fourth-order valence-corrected chi connectivity index (χ4v) is 4.45. The van der Waals surface area contributed by atoms with Crippen LogP contribution in [0.4, 0.5) is 10.1 Å². The molecule has 30 heavy (non-hydrogen) atoms. The van der Waals surface area contributed by atoms with Crippen LogP contribution in [0.3, 0.4) is 0 Å². The van der Waals surface area contributed by atoms with Crippen molar-refractivity contribution in [2.75, 3.05) is 5.32 Å². The van der Waals surface area contributed by atoms with E-state index in [4.69, 9.17) is 0 Å². The molecule has 1 aliphatic heterocycles. The third kappa shape index (κ3) is 3.64. The summed E-state index contributed by atoms with van der Waals surface area (Å²) in [7, 11) is 0. The van der Waals surface area contributed by atoms with Gasteiger partial charge in [-0.05, 0) is 64.8 Å². The van der Waals surface area contributed by atoms with E-state index in [0.717, 1.165) is 54.4 Å². The van der Waals surface area contributed by atoms with E-state index in [1.807, 2.05) is 19.9 Å². The second-order valence-corrected chi connectivity index (χ2v) is 8.30. The summed E-state index contributed by atoms with van der Waals surface area (Å²) in [6, 6.07) is 6.81. The number of fused-ring (bicyclic) bond motifs is 1. The molecule has 2 aromatic heterocycles. The molecular weight excluding hydrogens is 381 g/mol. The Morgan fingerprint density at radius 2 is 1.93 bits per heavy atom. The Hall–Kier alpha value is -2.96. The van der Waals surface area contributed by atoms with E-state index < -0.39 is 5.82 Å². The predicted octanol–water partition coefficient (Wildman–Crippen LogP) is 5.06. The lowest BCUT2D eigenvalue weighted by atomic mass is 10.1. The Bertz CT molecular complexity index is 1100. The Morgan fingerprint density at radius 1 is 1.13 bits per heavy atom. The number of halogens is 1. The average molecular weight is 410 g/mol. The van der Waals surface area contributed by atoms with Crippen molar-refractivity contribution >= 4 is 11.6 Å². The molecule has 1 N–H and O–H groups in total. The summed E-state index contributed by atoms with van der Waals surface area (Å²) in [4.78, 5) is 12.9. The van der Waals surface area contributed by atoms with Crippen LogP contribution >= 0.6 is 0 Å². The molecule has 0 saturated carbocycles. The fraction of sp³-hybridized carbons (Fsp3) is 0.435. The number of nitrogens with zero attached hydrogens (tertiary/aromatic N) is 4. The van der Waals surface area contributed by atoms with Crippen molar-refractivity contribution in [2.24, 2.45) is 0 Å². The Labute approximate surface area is 176 Å². The zero-order valence-electron chi connectivity index (χ0n) is 18.0. The van der Waals surface area contributed by atoms with E-state index in [1.165, 1.54) is 12.5 Å². The van der Waals surface area contributed by atoms with Crippen molar-refractivity contribution in [3.8, 4) is 11.4 Å². The summed E-state index contributed by atoms with van der Waals surface area (Å²) in [5.41, 5.74) is 3.34. The molecule has 1 aromatic carbocycles. The van der Waals surface area contributed by atoms with Crippen molar-refractivity contribution < 1.29 is 9.18 Å². The highest BCUT2D eigenvalue weighted by Crippen LogP contribution is 2.28. The van der Waals surface area contributed by atoms with Gasteiger partial charge >= 0.3 is 0 Å². The molecule has 0 saturated heterocycles. The molecule has 6 nitrogen and oxygen atoms in total. The molecular formula is C23H28FN5O. The third-order valence-corrected chi connectivity index (χ3v) is 5.83. The molecule has 1 aliphatic rings. The lowest BCUT2D eigenvalue weighted by Crippen LogP contribution is -2.15. The molecule has 0 fully saturated rings. The van der Waals surface area contributed by atoms with Crippen LogP contribution in [0.5, 0.6) is 0 Å². The van der Waals surface area contributed by atoms with Gasteiger partial charge in [0.25, 0.3) is 5.91 Å². The van der Waals surface area contributed by atoms with Gasteiger partial charge in [0.15, 0.2) is 5.82 Å². The second-order valence-electron chi connectivity index (χ2n) is 8.30. The van der Waals surface area contributed by atoms with Crippen molar-refractivity contribution in [1.29, 1.82) is 0 Å². The summed E-state index contributed by atoms with van der Waals surface area (Å²) in [5.74, 6) is 0.908. The largest absolute Gasteiger partial charge is 0.346 e. The normalized spacial score (nSPS) is 13.9. The standard InChI is InChI=1S/C23H28FN5O/c1-14(2)29-15(3)12-18(16(29)4)23(30)25-20-13-17(9-10-19(20)24)22-27-26-21-8-6-5-7-11-28(21)22/h9-10,12-14H,5-8,11H2,1-4H3,(H,25,30). The number of aromatic nitrogens is 4. The number of nitrogens with one attached hydrogen (secondary N) is 1. The number of carbonyl (C=O) groups is 1. The van der Waals surface area contributed by atoms with Gasteiger partial charge in [0.2, 0.25) is 0 Å². The first-order valence-electron chi connectivity index (χ1n) is 10.6. The van der Waals surface area contributed by atoms with E-state index in [-0.39, 0.29) is 17.6 Å². The monoisotopic (exact) mass is 409 g/mol. The number of hydrogen-bond donors (Lipinski definition) is 1. The molecule has 0 radical (unpaired) electrons. The minimum absolute atomic E-state index is 0.151. The van der Waals surface area contributed by atoms with Crippen LogP contribution in [0.1, 0.15) is 66.7 Å². The van der Waals surface area contributed by atoms with Crippen LogP contribution in [0.25, 0.3) is 11.4 Å². The highest BCUT2D eigenvalue weighted by molar-refractivity contribution is 6.05. The molecule has 0 bridgehead atoms. The Balaban J connectivity index is 1.65. The van der Waals surface area contributed by atoms with E-state index in [1.54, 1.807) is 12.1 Å².